The van der Waals surface area contributed by atoms with E-state index < -0.39 is 0 Å². The van der Waals surface area contributed by atoms with Crippen LogP contribution >= 0.6 is 23.8 Å². The molecule has 1 aliphatic carbocycles. The molecule has 1 aromatic carbocycles. The van der Waals surface area contributed by atoms with E-state index in [4.69, 9.17) is 33.3 Å². The van der Waals surface area contributed by atoms with Gasteiger partial charge in [-0.25, -0.2) is 0 Å². The molecular formula is C14H15ClN4O2S. The fraction of sp³-hybridized carbons (Fsp3) is 0.357. The Labute approximate surface area is 137 Å². The molecule has 0 spiro atoms. The van der Waals surface area contributed by atoms with Gasteiger partial charge in [0, 0.05) is 5.92 Å². The van der Waals surface area contributed by atoms with Crippen LogP contribution in [0.5, 0.6) is 11.5 Å². The van der Waals surface area contributed by atoms with Crippen molar-refractivity contribution >= 4 is 30.0 Å². The molecule has 0 bridgehead atoms. The Kier molecular flexibility index (Phi) is 4.17. The summed E-state index contributed by atoms with van der Waals surface area (Å²) in [5.74, 6) is 2.36. The molecule has 1 N–H and O–H groups in total. The Hall–Kier alpha value is -1.86. The van der Waals surface area contributed by atoms with Crippen LogP contribution in [0.4, 0.5) is 0 Å². The summed E-state index contributed by atoms with van der Waals surface area (Å²) in [6.07, 6.45) is 3.92. The first-order valence-electron chi connectivity index (χ1n) is 6.77. The van der Waals surface area contributed by atoms with Crippen molar-refractivity contribution in [2.75, 3.05) is 14.2 Å². The molecule has 1 heterocycles. The lowest BCUT2D eigenvalue weighted by Crippen LogP contribution is -1.98. The van der Waals surface area contributed by atoms with Crippen molar-refractivity contribution in [2.24, 2.45) is 5.10 Å². The van der Waals surface area contributed by atoms with Crippen molar-refractivity contribution in [1.82, 2.24) is 14.9 Å². The fourth-order valence-electron chi connectivity index (χ4n) is 2.16. The van der Waals surface area contributed by atoms with Gasteiger partial charge in [-0.2, -0.15) is 14.9 Å². The molecule has 1 aromatic heterocycles. The second-order valence-electron chi connectivity index (χ2n) is 4.96. The summed E-state index contributed by atoms with van der Waals surface area (Å²) in [5.41, 5.74) is 0.785. The van der Waals surface area contributed by atoms with E-state index in [0.717, 1.165) is 24.2 Å². The first-order valence-corrected chi connectivity index (χ1v) is 7.56. The SMILES string of the molecule is COc1cc(/C=N\n2c(C3CC3)n[nH]c2=S)cc(Cl)c1OC. The van der Waals surface area contributed by atoms with Gasteiger partial charge in [-0.1, -0.05) is 11.6 Å². The minimum atomic E-state index is 0.444. The molecule has 1 aliphatic rings. The number of rotatable bonds is 5. The van der Waals surface area contributed by atoms with Crippen LogP contribution < -0.4 is 9.47 Å². The molecule has 8 heteroatoms. The van der Waals surface area contributed by atoms with Gasteiger partial charge in [-0.15, -0.1) is 0 Å². The van der Waals surface area contributed by atoms with Gasteiger partial charge in [-0.05, 0) is 42.8 Å². The van der Waals surface area contributed by atoms with Gasteiger partial charge in [0.25, 0.3) is 0 Å². The highest BCUT2D eigenvalue weighted by molar-refractivity contribution is 7.71. The summed E-state index contributed by atoms with van der Waals surface area (Å²) >= 11 is 11.4. The van der Waals surface area contributed by atoms with Crippen LogP contribution in [0.15, 0.2) is 17.2 Å². The van der Waals surface area contributed by atoms with Crippen molar-refractivity contribution in [2.45, 2.75) is 18.8 Å². The lowest BCUT2D eigenvalue weighted by molar-refractivity contribution is 0.355. The smallest absolute Gasteiger partial charge is 0.216 e. The number of halogens is 1. The number of ether oxygens (including phenoxy) is 2. The Morgan fingerprint density at radius 1 is 1.41 bits per heavy atom. The second kappa shape index (κ2) is 6.10. The van der Waals surface area contributed by atoms with Crippen LogP contribution in [0.2, 0.25) is 5.02 Å². The van der Waals surface area contributed by atoms with Gasteiger partial charge in [0.1, 0.15) is 0 Å². The van der Waals surface area contributed by atoms with Crippen molar-refractivity contribution < 1.29 is 9.47 Å². The molecule has 22 heavy (non-hydrogen) atoms. The van der Waals surface area contributed by atoms with Gasteiger partial charge in [-0.3, -0.25) is 5.10 Å². The molecule has 1 saturated carbocycles. The number of nitrogens with zero attached hydrogens (tertiary/aromatic N) is 3. The highest BCUT2D eigenvalue weighted by Crippen LogP contribution is 2.39. The number of hydrogen-bond donors (Lipinski definition) is 1. The minimum Gasteiger partial charge on any atom is -0.493 e. The number of hydrogen-bond acceptors (Lipinski definition) is 5. The zero-order valence-electron chi connectivity index (χ0n) is 12.2. The lowest BCUT2D eigenvalue weighted by Gasteiger charge is -2.09. The highest BCUT2D eigenvalue weighted by Gasteiger charge is 2.29. The minimum absolute atomic E-state index is 0.444. The lowest BCUT2D eigenvalue weighted by atomic mass is 10.2. The van der Waals surface area contributed by atoms with E-state index in [1.165, 1.54) is 0 Å². The first-order chi connectivity index (χ1) is 10.6. The van der Waals surface area contributed by atoms with Gasteiger partial charge < -0.3 is 9.47 Å². The predicted octanol–water partition coefficient (Wildman–Crippen LogP) is 3.37. The highest BCUT2D eigenvalue weighted by atomic mass is 35.5. The summed E-state index contributed by atoms with van der Waals surface area (Å²) in [6.45, 7) is 0. The van der Waals surface area contributed by atoms with Crippen LogP contribution in [0.3, 0.4) is 0 Å². The Morgan fingerprint density at radius 2 is 2.18 bits per heavy atom. The third-order valence-electron chi connectivity index (χ3n) is 3.40. The van der Waals surface area contributed by atoms with Crippen LogP contribution in [-0.4, -0.2) is 35.3 Å². The van der Waals surface area contributed by atoms with E-state index in [1.54, 1.807) is 37.2 Å². The number of benzene rings is 1. The van der Waals surface area contributed by atoms with Gasteiger partial charge >= 0.3 is 0 Å². The number of nitrogens with one attached hydrogen (secondary N) is 1. The molecule has 0 radical (unpaired) electrons. The standard InChI is InChI=1S/C14H15ClN4O2S/c1-20-11-6-8(5-10(15)12(11)21-2)7-16-19-13(9-3-4-9)17-18-14(19)22/h5-7,9H,3-4H2,1-2H3,(H,18,22)/b16-7-. The average Bonchev–Trinajstić information content (AvgIpc) is 3.28. The summed E-state index contributed by atoms with van der Waals surface area (Å²) in [5, 5.41) is 11.9. The maximum atomic E-state index is 6.18. The quantitative estimate of drug-likeness (QED) is 0.670. The summed E-state index contributed by atoms with van der Waals surface area (Å²) in [7, 11) is 3.11. The van der Waals surface area contributed by atoms with Crippen LogP contribution in [0.1, 0.15) is 30.1 Å². The molecule has 0 atom stereocenters. The number of methoxy groups -OCH3 is 2. The first kappa shape index (κ1) is 15.1. The summed E-state index contributed by atoms with van der Waals surface area (Å²) in [6, 6.07) is 3.56. The molecule has 3 rings (SSSR count). The second-order valence-corrected chi connectivity index (χ2v) is 5.75. The molecule has 0 saturated heterocycles. The van der Waals surface area contributed by atoms with Crippen LogP contribution in [0.25, 0.3) is 0 Å². The van der Waals surface area contributed by atoms with E-state index in [2.05, 4.69) is 15.3 Å². The zero-order valence-corrected chi connectivity index (χ0v) is 13.7. The van der Waals surface area contributed by atoms with E-state index in [9.17, 15) is 0 Å². The van der Waals surface area contributed by atoms with Crippen molar-refractivity contribution in [3.63, 3.8) is 0 Å². The monoisotopic (exact) mass is 338 g/mol. The molecule has 116 valence electrons. The Morgan fingerprint density at radius 3 is 2.82 bits per heavy atom. The maximum Gasteiger partial charge on any atom is 0.216 e. The molecule has 2 aromatic rings. The maximum absolute atomic E-state index is 6.18. The molecule has 6 nitrogen and oxygen atoms in total. The third kappa shape index (κ3) is 2.86. The molecule has 0 unspecified atom stereocenters. The molecular weight excluding hydrogens is 324 g/mol. The summed E-state index contributed by atoms with van der Waals surface area (Å²) in [4.78, 5) is 0. The molecule has 0 aliphatic heterocycles. The third-order valence-corrected chi connectivity index (χ3v) is 3.94. The average molecular weight is 339 g/mol. The van der Waals surface area contributed by atoms with Crippen molar-refractivity contribution in [3.8, 4) is 11.5 Å². The number of H-pyrrole nitrogens is 1. The Balaban J connectivity index is 1.94. The normalized spacial score (nSPS) is 14.5. The Bertz CT molecular complexity index is 780. The van der Waals surface area contributed by atoms with Crippen LogP contribution in [-0.2, 0) is 0 Å². The van der Waals surface area contributed by atoms with E-state index >= 15 is 0 Å². The van der Waals surface area contributed by atoms with Crippen LogP contribution in [0, 0.1) is 4.77 Å². The fourth-order valence-corrected chi connectivity index (χ4v) is 2.64. The van der Waals surface area contributed by atoms with Crippen molar-refractivity contribution in [1.29, 1.82) is 0 Å². The van der Waals surface area contributed by atoms with Gasteiger partial charge in [0.2, 0.25) is 4.77 Å². The number of aromatic nitrogens is 3. The van der Waals surface area contributed by atoms with E-state index in [-0.39, 0.29) is 0 Å². The van der Waals surface area contributed by atoms with Gasteiger partial charge in [0.15, 0.2) is 17.3 Å². The molecule has 1 fully saturated rings. The van der Waals surface area contributed by atoms with E-state index in [1.807, 2.05) is 0 Å². The molecule has 0 amide bonds. The van der Waals surface area contributed by atoms with E-state index in [0.29, 0.717) is 27.2 Å². The largest absolute Gasteiger partial charge is 0.493 e. The predicted molar refractivity (Wildman–Crippen MR) is 86.9 cm³/mol. The van der Waals surface area contributed by atoms with Crippen molar-refractivity contribution in [3.05, 3.63) is 33.3 Å². The zero-order chi connectivity index (χ0) is 15.7. The number of aromatic amines is 1. The topological polar surface area (TPSA) is 64.4 Å². The summed E-state index contributed by atoms with van der Waals surface area (Å²) < 4.78 is 12.6. The van der Waals surface area contributed by atoms with Gasteiger partial charge in [0.05, 0.1) is 25.5 Å².